The SMILES string of the molecule is CCNCc1cnc(-n2cc(-c3ccccc3)cn2)cn1. The Labute approximate surface area is 123 Å². The van der Waals surface area contributed by atoms with Gasteiger partial charge in [-0.15, -0.1) is 0 Å². The third kappa shape index (κ3) is 3.14. The largest absolute Gasteiger partial charge is 0.311 e. The molecule has 0 bridgehead atoms. The van der Waals surface area contributed by atoms with Gasteiger partial charge >= 0.3 is 0 Å². The van der Waals surface area contributed by atoms with E-state index in [1.807, 2.05) is 30.6 Å². The third-order valence-corrected chi connectivity index (χ3v) is 3.17. The van der Waals surface area contributed by atoms with Crippen molar-refractivity contribution in [3.05, 3.63) is 60.8 Å². The van der Waals surface area contributed by atoms with Crippen LogP contribution in [0.15, 0.2) is 55.1 Å². The molecule has 0 radical (unpaired) electrons. The summed E-state index contributed by atoms with van der Waals surface area (Å²) in [6, 6.07) is 10.2. The van der Waals surface area contributed by atoms with Gasteiger partial charge in [-0.2, -0.15) is 5.10 Å². The van der Waals surface area contributed by atoms with Crippen molar-refractivity contribution in [2.24, 2.45) is 0 Å². The number of rotatable bonds is 5. The Morgan fingerprint density at radius 1 is 1.00 bits per heavy atom. The summed E-state index contributed by atoms with van der Waals surface area (Å²) in [5.41, 5.74) is 3.13. The molecule has 2 aromatic heterocycles. The molecule has 21 heavy (non-hydrogen) atoms. The Bertz CT molecular complexity index is 688. The first-order valence-electron chi connectivity index (χ1n) is 6.99. The van der Waals surface area contributed by atoms with Gasteiger partial charge in [0.1, 0.15) is 0 Å². The van der Waals surface area contributed by atoms with Gasteiger partial charge in [0.15, 0.2) is 5.82 Å². The highest BCUT2D eigenvalue weighted by Gasteiger charge is 2.04. The Balaban J connectivity index is 1.80. The van der Waals surface area contributed by atoms with Crippen LogP contribution in [-0.2, 0) is 6.54 Å². The van der Waals surface area contributed by atoms with Gasteiger partial charge < -0.3 is 5.32 Å². The molecule has 1 aromatic carbocycles. The lowest BCUT2D eigenvalue weighted by Gasteiger charge is -2.03. The average molecular weight is 279 g/mol. The van der Waals surface area contributed by atoms with Crippen molar-refractivity contribution in [1.82, 2.24) is 25.1 Å². The lowest BCUT2D eigenvalue weighted by Crippen LogP contribution is -2.13. The highest BCUT2D eigenvalue weighted by atomic mass is 15.3. The van der Waals surface area contributed by atoms with E-state index in [1.165, 1.54) is 0 Å². The number of nitrogens with one attached hydrogen (secondary N) is 1. The smallest absolute Gasteiger partial charge is 0.171 e. The molecule has 0 aliphatic carbocycles. The van der Waals surface area contributed by atoms with Crippen LogP contribution in [0.25, 0.3) is 16.9 Å². The van der Waals surface area contributed by atoms with E-state index in [-0.39, 0.29) is 0 Å². The van der Waals surface area contributed by atoms with Gasteiger partial charge in [0, 0.05) is 18.3 Å². The molecule has 0 atom stereocenters. The zero-order valence-electron chi connectivity index (χ0n) is 11.9. The van der Waals surface area contributed by atoms with Crippen LogP contribution in [0.1, 0.15) is 12.6 Å². The summed E-state index contributed by atoms with van der Waals surface area (Å²) in [7, 11) is 0. The van der Waals surface area contributed by atoms with E-state index < -0.39 is 0 Å². The first-order chi connectivity index (χ1) is 10.4. The number of aromatic nitrogens is 4. The molecule has 5 heteroatoms. The summed E-state index contributed by atoms with van der Waals surface area (Å²) in [4.78, 5) is 8.80. The molecule has 3 rings (SSSR count). The highest BCUT2D eigenvalue weighted by Crippen LogP contribution is 2.18. The summed E-state index contributed by atoms with van der Waals surface area (Å²) in [6.07, 6.45) is 7.32. The maximum absolute atomic E-state index is 4.41. The van der Waals surface area contributed by atoms with E-state index in [1.54, 1.807) is 17.1 Å². The van der Waals surface area contributed by atoms with Crippen LogP contribution in [0.5, 0.6) is 0 Å². The molecule has 0 unspecified atom stereocenters. The number of hydrogen-bond donors (Lipinski definition) is 1. The van der Waals surface area contributed by atoms with Gasteiger partial charge in [0.05, 0.1) is 24.3 Å². The molecule has 0 aliphatic rings. The van der Waals surface area contributed by atoms with Gasteiger partial charge in [-0.25, -0.2) is 9.67 Å². The monoisotopic (exact) mass is 279 g/mol. The van der Waals surface area contributed by atoms with Crippen LogP contribution in [0.4, 0.5) is 0 Å². The van der Waals surface area contributed by atoms with E-state index >= 15 is 0 Å². The van der Waals surface area contributed by atoms with Crippen LogP contribution >= 0.6 is 0 Å². The van der Waals surface area contributed by atoms with Crippen molar-refractivity contribution in [2.45, 2.75) is 13.5 Å². The van der Waals surface area contributed by atoms with Crippen LogP contribution in [0, 0.1) is 0 Å². The quantitative estimate of drug-likeness (QED) is 0.779. The molecular weight excluding hydrogens is 262 g/mol. The number of hydrogen-bond acceptors (Lipinski definition) is 4. The van der Waals surface area contributed by atoms with E-state index in [0.29, 0.717) is 0 Å². The topological polar surface area (TPSA) is 55.6 Å². The lowest BCUT2D eigenvalue weighted by atomic mass is 10.1. The van der Waals surface area contributed by atoms with Crippen LogP contribution in [0.3, 0.4) is 0 Å². The minimum Gasteiger partial charge on any atom is -0.311 e. The molecule has 0 spiro atoms. The standard InChI is InChI=1S/C16H17N5/c1-2-17-9-15-10-19-16(11-18-15)21-12-14(8-20-21)13-6-4-3-5-7-13/h3-8,10-12,17H,2,9H2,1H3. The number of benzene rings is 1. The summed E-state index contributed by atoms with van der Waals surface area (Å²) in [5, 5.41) is 7.58. The molecule has 0 fully saturated rings. The fourth-order valence-electron chi connectivity index (χ4n) is 2.04. The average Bonchev–Trinajstić information content (AvgIpc) is 3.04. The maximum Gasteiger partial charge on any atom is 0.171 e. The zero-order valence-corrected chi connectivity index (χ0v) is 11.9. The summed E-state index contributed by atoms with van der Waals surface area (Å²) in [6.45, 7) is 3.72. The van der Waals surface area contributed by atoms with E-state index in [2.05, 4.69) is 39.4 Å². The molecular formula is C16H17N5. The third-order valence-electron chi connectivity index (χ3n) is 3.17. The Hall–Kier alpha value is -2.53. The number of nitrogens with zero attached hydrogens (tertiary/aromatic N) is 4. The van der Waals surface area contributed by atoms with Crippen molar-refractivity contribution < 1.29 is 0 Å². The Kier molecular flexibility index (Phi) is 4.02. The molecule has 106 valence electrons. The summed E-state index contributed by atoms with van der Waals surface area (Å²) < 4.78 is 1.74. The molecule has 0 aliphatic heterocycles. The maximum atomic E-state index is 4.41. The van der Waals surface area contributed by atoms with Crippen LogP contribution in [0.2, 0.25) is 0 Å². The van der Waals surface area contributed by atoms with Crippen molar-refractivity contribution in [1.29, 1.82) is 0 Å². The zero-order chi connectivity index (χ0) is 14.5. The molecule has 0 amide bonds. The molecule has 2 heterocycles. The lowest BCUT2D eigenvalue weighted by molar-refractivity contribution is 0.703. The second-order valence-electron chi connectivity index (χ2n) is 4.69. The van der Waals surface area contributed by atoms with Crippen LogP contribution < -0.4 is 5.32 Å². The second kappa shape index (κ2) is 6.28. The summed E-state index contributed by atoms with van der Waals surface area (Å²) in [5.74, 6) is 0.720. The van der Waals surface area contributed by atoms with Crippen molar-refractivity contribution >= 4 is 0 Å². The van der Waals surface area contributed by atoms with Gasteiger partial charge in [0.2, 0.25) is 0 Å². The predicted octanol–water partition coefficient (Wildman–Crippen LogP) is 2.44. The first kappa shape index (κ1) is 13.5. The normalized spacial score (nSPS) is 10.7. The van der Waals surface area contributed by atoms with Crippen molar-refractivity contribution in [3.63, 3.8) is 0 Å². The fourth-order valence-corrected chi connectivity index (χ4v) is 2.04. The van der Waals surface area contributed by atoms with Crippen molar-refractivity contribution in [2.75, 3.05) is 6.54 Å². The molecule has 3 aromatic rings. The molecule has 5 nitrogen and oxygen atoms in total. The second-order valence-corrected chi connectivity index (χ2v) is 4.69. The van der Waals surface area contributed by atoms with Gasteiger partial charge in [-0.3, -0.25) is 4.98 Å². The molecule has 0 saturated carbocycles. The Morgan fingerprint density at radius 3 is 2.57 bits per heavy atom. The van der Waals surface area contributed by atoms with Crippen molar-refractivity contribution in [3.8, 4) is 16.9 Å². The molecule has 0 saturated heterocycles. The first-order valence-corrected chi connectivity index (χ1v) is 6.99. The summed E-state index contributed by atoms with van der Waals surface area (Å²) >= 11 is 0. The minimum absolute atomic E-state index is 0.720. The van der Waals surface area contributed by atoms with E-state index in [9.17, 15) is 0 Å². The minimum atomic E-state index is 0.720. The van der Waals surface area contributed by atoms with Gasteiger partial charge in [0.25, 0.3) is 0 Å². The highest BCUT2D eigenvalue weighted by molar-refractivity contribution is 5.61. The molecule has 1 N–H and O–H groups in total. The van der Waals surface area contributed by atoms with Gasteiger partial charge in [-0.05, 0) is 12.1 Å². The fraction of sp³-hybridized carbons (Fsp3) is 0.188. The van der Waals surface area contributed by atoms with Gasteiger partial charge in [-0.1, -0.05) is 37.3 Å². The van der Waals surface area contributed by atoms with E-state index in [4.69, 9.17) is 0 Å². The van der Waals surface area contributed by atoms with Crippen LogP contribution in [-0.4, -0.2) is 26.3 Å². The van der Waals surface area contributed by atoms with E-state index in [0.717, 1.165) is 35.7 Å². The Morgan fingerprint density at radius 2 is 1.86 bits per heavy atom. The predicted molar refractivity (Wildman–Crippen MR) is 82.0 cm³/mol.